The summed E-state index contributed by atoms with van der Waals surface area (Å²) in [5.74, 6) is 0. The van der Waals surface area contributed by atoms with Crippen molar-refractivity contribution in [2.24, 2.45) is 0 Å². The van der Waals surface area contributed by atoms with Crippen LogP contribution in [0.5, 0.6) is 0 Å². The van der Waals surface area contributed by atoms with Crippen LogP contribution in [0.15, 0.2) is 53.4 Å². The minimum atomic E-state index is -3.60. The highest BCUT2D eigenvalue weighted by molar-refractivity contribution is 7.89. The lowest BCUT2D eigenvalue weighted by molar-refractivity contribution is 0.0202. The van der Waals surface area contributed by atoms with Crippen molar-refractivity contribution >= 4 is 10.0 Å². The quantitative estimate of drug-likeness (QED) is 0.855. The van der Waals surface area contributed by atoms with Gasteiger partial charge in [-0.2, -0.15) is 9.57 Å². The smallest absolute Gasteiger partial charge is 0.242 e. The van der Waals surface area contributed by atoms with Crippen LogP contribution in [0.1, 0.15) is 16.7 Å². The summed E-state index contributed by atoms with van der Waals surface area (Å²) in [5.41, 5.74) is 2.80. The van der Waals surface area contributed by atoms with E-state index in [-0.39, 0.29) is 17.5 Å². The molecule has 1 heterocycles. The SMILES string of the molecule is CN(C[C@@H]1Cc2ccccc2CO1)S(=O)(=O)c1ccc(C#N)cc1. The third kappa shape index (κ3) is 3.34. The Morgan fingerprint density at radius 1 is 1.17 bits per heavy atom. The third-order valence-corrected chi connectivity index (χ3v) is 6.03. The van der Waals surface area contributed by atoms with Crippen LogP contribution in [0, 0.1) is 11.3 Å². The molecule has 0 bridgehead atoms. The van der Waals surface area contributed by atoms with Crippen molar-refractivity contribution in [2.45, 2.75) is 24.0 Å². The lowest BCUT2D eigenvalue weighted by atomic mass is 9.99. The summed E-state index contributed by atoms with van der Waals surface area (Å²) in [6, 6.07) is 16.0. The Kier molecular flexibility index (Phi) is 4.67. The maximum atomic E-state index is 12.6. The molecule has 2 aromatic carbocycles. The zero-order valence-electron chi connectivity index (χ0n) is 13.3. The average Bonchev–Trinajstić information content (AvgIpc) is 2.61. The summed E-state index contributed by atoms with van der Waals surface area (Å²) in [5, 5.41) is 8.81. The first kappa shape index (κ1) is 16.7. The molecule has 3 rings (SSSR count). The van der Waals surface area contributed by atoms with E-state index < -0.39 is 10.0 Å². The molecule has 0 saturated heterocycles. The van der Waals surface area contributed by atoms with Crippen molar-refractivity contribution < 1.29 is 13.2 Å². The molecule has 5 nitrogen and oxygen atoms in total. The number of benzene rings is 2. The number of likely N-dealkylation sites (N-methyl/N-ethyl adjacent to an activating group) is 1. The van der Waals surface area contributed by atoms with Crippen molar-refractivity contribution in [3.05, 3.63) is 65.2 Å². The Labute approximate surface area is 142 Å². The normalized spacial score (nSPS) is 17.3. The molecule has 1 aliphatic rings. The second kappa shape index (κ2) is 6.73. The lowest BCUT2D eigenvalue weighted by Crippen LogP contribution is -2.38. The summed E-state index contributed by atoms with van der Waals surface area (Å²) in [6.45, 7) is 0.794. The molecule has 0 aliphatic carbocycles. The van der Waals surface area contributed by atoms with E-state index in [0.717, 1.165) is 5.56 Å². The highest BCUT2D eigenvalue weighted by Gasteiger charge is 2.26. The van der Waals surface area contributed by atoms with Crippen molar-refractivity contribution in [2.75, 3.05) is 13.6 Å². The molecule has 124 valence electrons. The molecule has 0 aromatic heterocycles. The van der Waals surface area contributed by atoms with E-state index in [1.54, 1.807) is 7.05 Å². The molecule has 1 aliphatic heterocycles. The van der Waals surface area contributed by atoms with Crippen molar-refractivity contribution in [1.29, 1.82) is 5.26 Å². The number of nitrogens with zero attached hydrogens (tertiary/aromatic N) is 2. The van der Waals surface area contributed by atoms with Gasteiger partial charge in [-0.1, -0.05) is 24.3 Å². The van der Waals surface area contributed by atoms with E-state index in [2.05, 4.69) is 6.07 Å². The van der Waals surface area contributed by atoms with Crippen LogP contribution in [-0.4, -0.2) is 32.4 Å². The van der Waals surface area contributed by atoms with Gasteiger partial charge in [-0.25, -0.2) is 8.42 Å². The minimum absolute atomic E-state index is 0.168. The van der Waals surface area contributed by atoms with E-state index in [4.69, 9.17) is 10.00 Å². The first-order chi connectivity index (χ1) is 11.5. The minimum Gasteiger partial charge on any atom is -0.372 e. The van der Waals surface area contributed by atoms with E-state index in [1.165, 1.54) is 34.1 Å². The van der Waals surface area contributed by atoms with Crippen LogP contribution >= 0.6 is 0 Å². The molecule has 0 fully saturated rings. The Hall–Kier alpha value is -2.20. The van der Waals surface area contributed by atoms with Gasteiger partial charge in [-0.3, -0.25) is 0 Å². The van der Waals surface area contributed by atoms with Gasteiger partial charge in [0.1, 0.15) is 0 Å². The second-order valence-electron chi connectivity index (χ2n) is 5.83. The van der Waals surface area contributed by atoms with Crippen molar-refractivity contribution in [3.8, 4) is 6.07 Å². The summed E-state index contributed by atoms with van der Waals surface area (Å²) in [4.78, 5) is 0.181. The zero-order valence-corrected chi connectivity index (χ0v) is 14.2. The van der Waals surface area contributed by atoms with Gasteiger partial charge in [0.25, 0.3) is 0 Å². The molecule has 0 amide bonds. The van der Waals surface area contributed by atoms with Gasteiger partial charge in [0.2, 0.25) is 10.0 Å². The first-order valence-corrected chi connectivity index (χ1v) is 9.09. The zero-order chi connectivity index (χ0) is 17.2. The number of rotatable bonds is 4. The average molecular weight is 342 g/mol. The maximum Gasteiger partial charge on any atom is 0.242 e. The predicted octanol–water partition coefficient (Wildman–Crippen LogP) is 2.32. The van der Waals surface area contributed by atoms with Crippen molar-refractivity contribution in [3.63, 3.8) is 0 Å². The Morgan fingerprint density at radius 3 is 2.50 bits per heavy atom. The molecule has 0 saturated carbocycles. The summed E-state index contributed by atoms with van der Waals surface area (Å²) in [6.07, 6.45) is 0.529. The van der Waals surface area contributed by atoms with Gasteiger partial charge >= 0.3 is 0 Å². The molecule has 6 heteroatoms. The molecule has 24 heavy (non-hydrogen) atoms. The molecular formula is C18H18N2O3S. The maximum absolute atomic E-state index is 12.6. The molecule has 2 aromatic rings. The van der Waals surface area contributed by atoms with Crippen LogP contribution in [-0.2, 0) is 27.8 Å². The van der Waals surface area contributed by atoms with Crippen molar-refractivity contribution in [1.82, 2.24) is 4.31 Å². The summed E-state index contributed by atoms with van der Waals surface area (Å²) in [7, 11) is -2.04. The standard InChI is InChI=1S/C18H18N2O3S/c1-20(24(21,22)18-8-6-14(11-19)7-9-18)12-17-10-15-4-2-3-5-16(15)13-23-17/h2-9,17H,10,12-13H2,1H3/t17-/m0/s1. The topological polar surface area (TPSA) is 70.4 Å². The fourth-order valence-electron chi connectivity index (χ4n) is 2.79. The van der Waals surface area contributed by atoms with Gasteiger partial charge in [0.05, 0.1) is 29.2 Å². The number of hydrogen-bond donors (Lipinski definition) is 0. The Bertz CT molecular complexity index is 870. The Morgan fingerprint density at radius 2 is 1.83 bits per heavy atom. The highest BCUT2D eigenvalue weighted by Crippen LogP contribution is 2.22. The van der Waals surface area contributed by atoms with Gasteiger partial charge in [0.15, 0.2) is 0 Å². The molecule has 0 unspecified atom stereocenters. The van der Waals surface area contributed by atoms with Gasteiger partial charge in [-0.15, -0.1) is 0 Å². The molecule has 0 spiro atoms. The molecular weight excluding hydrogens is 324 g/mol. The summed E-state index contributed by atoms with van der Waals surface area (Å²) < 4.78 is 32.4. The van der Waals surface area contributed by atoms with Gasteiger partial charge in [0, 0.05) is 20.0 Å². The van der Waals surface area contributed by atoms with E-state index in [1.807, 2.05) is 24.3 Å². The number of fused-ring (bicyclic) bond motifs is 1. The fraction of sp³-hybridized carbons (Fsp3) is 0.278. The second-order valence-corrected chi connectivity index (χ2v) is 7.87. The van der Waals surface area contributed by atoms with Gasteiger partial charge in [-0.05, 0) is 35.4 Å². The van der Waals surface area contributed by atoms with Crippen LogP contribution in [0.2, 0.25) is 0 Å². The lowest BCUT2D eigenvalue weighted by Gasteiger charge is -2.28. The van der Waals surface area contributed by atoms with E-state index in [9.17, 15) is 8.42 Å². The Balaban J connectivity index is 1.72. The largest absolute Gasteiger partial charge is 0.372 e. The molecule has 0 radical (unpaired) electrons. The predicted molar refractivity (Wildman–Crippen MR) is 89.7 cm³/mol. The third-order valence-electron chi connectivity index (χ3n) is 4.19. The number of sulfonamides is 1. The monoisotopic (exact) mass is 342 g/mol. The van der Waals surface area contributed by atoms with E-state index in [0.29, 0.717) is 18.6 Å². The fourth-order valence-corrected chi connectivity index (χ4v) is 4.00. The first-order valence-electron chi connectivity index (χ1n) is 7.65. The number of nitriles is 1. The number of hydrogen-bond acceptors (Lipinski definition) is 4. The van der Waals surface area contributed by atoms with Crippen LogP contribution in [0.4, 0.5) is 0 Å². The van der Waals surface area contributed by atoms with Crippen LogP contribution < -0.4 is 0 Å². The molecule has 1 atom stereocenters. The van der Waals surface area contributed by atoms with E-state index >= 15 is 0 Å². The van der Waals surface area contributed by atoms with Crippen LogP contribution in [0.25, 0.3) is 0 Å². The highest BCUT2D eigenvalue weighted by atomic mass is 32.2. The summed E-state index contributed by atoms with van der Waals surface area (Å²) >= 11 is 0. The van der Waals surface area contributed by atoms with Crippen LogP contribution in [0.3, 0.4) is 0 Å². The number of ether oxygens (including phenoxy) is 1. The van der Waals surface area contributed by atoms with Gasteiger partial charge < -0.3 is 4.74 Å². The molecule has 0 N–H and O–H groups in total.